The maximum absolute atomic E-state index is 12.1. The maximum Gasteiger partial charge on any atom is 0.136 e. The lowest BCUT2D eigenvalue weighted by molar-refractivity contribution is 0.387. The van der Waals surface area contributed by atoms with Gasteiger partial charge in [-0.05, 0) is 40.4 Å². The average molecular weight is 277 g/mol. The standard InChI is InChI=1S/C11H14BrFO2/c1-14-10-7-11(15-2)9(12)6-8(10)4-3-5-13/h6-7H,3-5H2,1-2H3. The zero-order chi connectivity index (χ0) is 11.3. The number of alkyl halides is 1. The van der Waals surface area contributed by atoms with Crippen LogP contribution < -0.4 is 9.47 Å². The number of halogens is 2. The number of hydrogen-bond acceptors (Lipinski definition) is 2. The van der Waals surface area contributed by atoms with Gasteiger partial charge in [-0.3, -0.25) is 4.39 Å². The van der Waals surface area contributed by atoms with Gasteiger partial charge in [-0.2, -0.15) is 0 Å². The summed E-state index contributed by atoms with van der Waals surface area (Å²) < 4.78 is 23.3. The highest BCUT2D eigenvalue weighted by Crippen LogP contribution is 2.33. The van der Waals surface area contributed by atoms with Gasteiger partial charge < -0.3 is 9.47 Å². The molecule has 1 aromatic rings. The third kappa shape index (κ3) is 3.09. The summed E-state index contributed by atoms with van der Waals surface area (Å²) in [6, 6.07) is 3.71. The molecule has 0 unspecified atom stereocenters. The lowest BCUT2D eigenvalue weighted by Gasteiger charge is -2.11. The van der Waals surface area contributed by atoms with E-state index in [1.807, 2.05) is 6.07 Å². The Kier molecular flexibility index (Phi) is 4.88. The van der Waals surface area contributed by atoms with E-state index in [0.717, 1.165) is 21.5 Å². The van der Waals surface area contributed by atoms with Crippen LogP contribution in [-0.2, 0) is 6.42 Å². The van der Waals surface area contributed by atoms with Crippen LogP contribution in [0.5, 0.6) is 11.5 Å². The van der Waals surface area contributed by atoms with Crippen LogP contribution in [0.2, 0.25) is 0 Å². The highest BCUT2D eigenvalue weighted by atomic mass is 79.9. The second-order valence-electron chi connectivity index (χ2n) is 3.09. The van der Waals surface area contributed by atoms with Crippen LogP contribution in [0.4, 0.5) is 4.39 Å². The zero-order valence-corrected chi connectivity index (χ0v) is 10.4. The number of methoxy groups -OCH3 is 2. The summed E-state index contributed by atoms with van der Waals surface area (Å²) >= 11 is 3.39. The summed E-state index contributed by atoms with van der Waals surface area (Å²) in [4.78, 5) is 0. The van der Waals surface area contributed by atoms with Crippen molar-refractivity contribution >= 4 is 15.9 Å². The number of benzene rings is 1. The van der Waals surface area contributed by atoms with E-state index in [1.54, 1.807) is 20.3 Å². The van der Waals surface area contributed by atoms with Gasteiger partial charge in [0, 0.05) is 6.07 Å². The molecule has 0 bridgehead atoms. The molecule has 0 radical (unpaired) electrons. The SMILES string of the molecule is COc1cc(OC)c(CCCF)cc1Br. The quantitative estimate of drug-likeness (QED) is 0.821. The fourth-order valence-corrected chi connectivity index (χ4v) is 1.93. The Labute approximate surface area is 97.5 Å². The normalized spacial score (nSPS) is 10.1. The Morgan fingerprint density at radius 1 is 1.20 bits per heavy atom. The molecule has 0 aliphatic heterocycles. The summed E-state index contributed by atoms with van der Waals surface area (Å²) in [6.45, 7) is -0.313. The molecule has 0 saturated heterocycles. The van der Waals surface area contributed by atoms with E-state index in [4.69, 9.17) is 9.47 Å². The Morgan fingerprint density at radius 2 is 1.87 bits per heavy atom. The highest BCUT2D eigenvalue weighted by Gasteiger charge is 2.08. The van der Waals surface area contributed by atoms with Crippen molar-refractivity contribution in [2.75, 3.05) is 20.9 Å². The Bertz CT molecular complexity index is 329. The van der Waals surface area contributed by atoms with Crippen molar-refractivity contribution in [2.24, 2.45) is 0 Å². The first kappa shape index (κ1) is 12.3. The van der Waals surface area contributed by atoms with Gasteiger partial charge in [0.1, 0.15) is 11.5 Å². The maximum atomic E-state index is 12.1. The zero-order valence-electron chi connectivity index (χ0n) is 8.85. The van der Waals surface area contributed by atoms with Crippen LogP contribution in [-0.4, -0.2) is 20.9 Å². The predicted octanol–water partition coefficient (Wildman–Crippen LogP) is 3.37. The molecular weight excluding hydrogens is 263 g/mol. The molecule has 0 saturated carbocycles. The monoisotopic (exact) mass is 276 g/mol. The van der Waals surface area contributed by atoms with Gasteiger partial charge in [-0.1, -0.05) is 0 Å². The molecule has 0 spiro atoms. The van der Waals surface area contributed by atoms with Crippen molar-refractivity contribution in [1.82, 2.24) is 0 Å². The average Bonchev–Trinajstić information content (AvgIpc) is 2.26. The number of hydrogen-bond donors (Lipinski definition) is 0. The molecule has 0 aliphatic carbocycles. The fraction of sp³-hybridized carbons (Fsp3) is 0.455. The fourth-order valence-electron chi connectivity index (χ4n) is 1.38. The summed E-state index contributed by atoms with van der Waals surface area (Å²) in [7, 11) is 3.20. The minimum Gasteiger partial charge on any atom is -0.496 e. The molecule has 0 amide bonds. The van der Waals surface area contributed by atoms with Crippen molar-refractivity contribution in [3.8, 4) is 11.5 Å². The van der Waals surface area contributed by atoms with Gasteiger partial charge in [-0.15, -0.1) is 0 Å². The molecule has 4 heteroatoms. The van der Waals surface area contributed by atoms with Crippen LogP contribution in [0, 0.1) is 0 Å². The van der Waals surface area contributed by atoms with Crippen molar-refractivity contribution in [2.45, 2.75) is 12.8 Å². The molecule has 0 atom stereocenters. The van der Waals surface area contributed by atoms with E-state index < -0.39 is 0 Å². The van der Waals surface area contributed by atoms with E-state index in [2.05, 4.69) is 15.9 Å². The predicted molar refractivity (Wildman–Crippen MR) is 61.5 cm³/mol. The smallest absolute Gasteiger partial charge is 0.136 e. The molecule has 0 aliphatic rings. The van der Waals surface area contributed by atoms with Gasteiger partial charge >= 0.3 is 0 Å². The first-order valence-corrected chi connectivity index (χ1v) is 5.48. The van der Waals surface area contributed by atoms with Gasteiger partial charge in [0.25, 0.3) is 0 Å². The summed E-state index contributed by atoms with van der Waals surface area (Å²) in [5.74, 6) is 1.46. The molecule has 1 aromatic carbocycles. The topological polar surface area (TPSA) is 18.5 Å². The second-order valence-corrected chi connectivity index (χ2v) is 3.95. The molecule has 84 valence electrons. The van der Waals surface area contributed by atoms with E-state index in [1.165, 1.54) is 0 Å². The molecule has 15 heavy (non-hydrogen) atoms. The third-order valence-corrected chi connectivity index (χ3v) is 2.75. The largest absolute Gasteiger partial charge is 0.496 e. The molecule has 0 N–H and O–H groups in total. The lowest BCUT2D eigenvalue weighted by atomic mass is 10.1. The van der Waals surface area contributed by atoms with E-state index in [9.17, 15) is 4.39 Å². The van der Waals surface area contributed by atoms with Gasteiger partial charge in [0.05, 0.1) is 25.4 Å². The molecule has 0 fully saturated rings. The minimum atomic E-state index is -0.313. The molecule has 0 aromatic heterocycles. The van der Waals surface area contributed by atoms with Gasteiger partial charge in [-0.25, -0.2) is 0 Å². The van der Waals surface area contributed by atoms with E-state index in [-0.39, 0.29) is 6.67 Å². The molecular formula is C11H14BrFO2. The molecule has 1 rings (SSSR count). The van der Waals surface area contributed by atoms with Crippen LogP contribution in [0.25, 0.3) is 0 Å². The highest BCUT2D eigenvalue weighted by molar-refractivity contribution is 9.10. The van der Waals surface area contributed by atoms with Crippen molar-refractivity contribution in [3.05, 3.63) is 22.2 Å². The molecule has 0 heterocycles. The molecule has 2 nitrogen and oxygen atoms in total. The number of aryl methyl sites for hydroxylation is 1. The second kappa shape index (κ2) is 5.95. The summed E-state index contributed by atoms with van der Waals surface area (Å²) in [5, 5.41) is 0. The van der Waals surface area contributed by atoms with Crippen molar-refractivity contribution < 1.29 is 13.9 Å². The van der Waals surface area contributed by atoms with E-state index >= 15 is 0 Å². The third-order valence-electron chi connectivity index (χ3n) is 2.13. The first-order valence-electron chi connectivity index (χ1n) is 4.69. The Morgan fingerprint density at radius 3 is 2.40 bits per heavy atom. The summed E-state index contributed by atoms with van der Waals surface area (Å²) in [6.07, 6.45) is 1.18. The number of rotatable bonds is 5. The van der Waals surface area contributed by atoms with Crippen molar-refractivity contribution in [3.63, 3.8) is 0 Å². The first-order chi connectivity index (χ1) is 7.22. The van der Waals surface area contributed by atoms with E-state index in [0.29, 0.717) is 12.8 Å². The number of ether oxygens (including phenoxy) is 2. The van der Waals surface area contributed by atoms with Crippen LogP contribution in [0.15, 0.2) is 16.6 Å². The van der Waals surface area contributed by atoms with Crippen LogP contribution >= 0.6 is 15.9 Å². The van der Waals surface area contributed by atoms with Crippen LogP contribution in [0.1, 0.15) is 12.0 Å². The van der Waals surface area contributed by atoms with Crippen LogP contribution in [0.3, 0.4) is 0 Å². The van der Waals surface area contributed by atoms with Gasteiger partial charge in [0.2, 0.25) is 0 Å². The lowest BCUT2D eigenvalue weighted by Crippen LogP contribution is -1.95. The van der Waals surface area contributed by atoms with Gasteiger partial charge in [0.15, 0.2) is 0 Å². The van der Waals surface area contributed by atoms with Crippen molar-refractivity contribution in [1.29, 1.82) is 0 Å². The summed E-state index contributed by atoms with van der Waals surface area (Å²) in [5.41, 5.74) is 0.989. The Balaban J connectivity index is 2.98. The minimum absolute atomic E-state index is 0.313. The Hall–Kier alpha value is -0.770.